The van der Waals surface area contributed by atoms with E-state index < -0.39 is 28.5 Å². The monoisotopic (exact) mass is 631 g/mol. The molecule has 0 heterocycles. The fourth-order valence-electron chi connectivity index (χ4n) is 4.88. The third-order valence-corrected chi connectivity index (χ3v) is 9.45. The van der Waals surface area contributed by atoms with Crippen molar-refractivity contribution >= 4 is 39.1 Å². The minimum Gasteiger partial charge on any atom is -0.354 e. The Kier molecular flexibility index (Phi) is 11.2. The summed E-state index contributed by atoms with van der Waals surface area (Å²) in [6.07, 6.45) is 0.958. The van der Waals surface area contributed by atoms with Crippen molar-refractivity contribution in [2.24, 2.45) is 0 Å². The lowest BCUT2D eigenvalue weighted by Gasteiger charge is -2.34. The lowest BCUT2D eigenvalue weighted by atomic mass is 10.0. The van der Waals surface area contributed by atoms with E-state index in [9.17, 15) is 18.0 Å². The third-order valence-electron chi connectivity index (χ3n) is 7.30. The minimum absolute atomic E-state index is 0.0157. The van der Waals surface area contributed by atoms with E-state index in [0.29, 0.717) is 22.8 Å². The highest BCUT2D eigenvalue weighted by Crippen LogP contribution is 2.27. The molecule has 44 heavy (non-hydrogen) atoms. The zero-order valence-electron chi connectivity index (χ0n) is 25.2. The number of hydrogen-bond acceptors (Lipinski definition) is 4. The van der Waals surface area contributed by atoms with Crippen molar-refractivity contribution in [1.82, 2.24) is 10.2 Å². The van der Waals surface area contributed by atoms with E-state index in [4.69, 9.17) is 11.6 Å². The number of carbonyl (C=O) groups excluding carboxylic acids is 2. The van der Waals surface area contributed by atoms with E-state index in [1.165, 1.54) is 17.0 Å². The summed E-state index contributed by atoms with van der Waals surface area (Å²) in [6.45, 7) is 5.63. The molecule has 230 valence electrons. The van der Waals surface area contributed by atoms with Gasteiger partial charge in [0, 0.05) is 24.5 Å². The van der Waals surface area contributed by atoms with Crippen molar-refractivity contribution in [3.8, 4) is 0 Å². The van der Waals surface area contributed by atoms with Crippen LogP contribution in [0.25, 0.3) is 0 Å². The van der Waals surface area contributed by atoms with E-state index in [-0.39, 0.29) is 23.8 Å². The molecule has 9 heteroatoms. The van der Waals surface area contributed by atoms with Crippen LogP contribution in [0.4, 0.5) is 5.69 Å². The molecule has 0 radical (unpaired) electrons. The number of sulfonamides is 1. The van der Waals surface area contributed by atoms with Gasteiger partial charge in [0.05, 0.1) is 10.6 Å². The van der Waals surface area contributed by atoms with Gasteiger partial charge in [-0.15, -0.1) is 0 Å². The SMILES string of the molecule is CCCNC(=O)[C@H](Cc1ccccc1)N(Cc1ccccc1Cl)C(=O)CN(c1cccc(C)c1)S(=O)(=O)c1ccc(C)cc1. The maximum absolute atomic E-state index is 14.5. The molecular weight excluding hydrogens is 594 g/mol. The first kappa shape index (κ1) is 32.8. The number of aryl methyl sites for hydroxylation is 2. The molecule has 0 fully saturated rings. The van der Waals surface area contributed by atoms with E-state index in [1.807, 2.05) is 63.2 Å². The van der Waals surface area contributed by atoms with Crippen LogP contribution in [-0.2, 0) is 32.6 Å². The first-order valence-electron chi connectivity index (χ1n) is 14.6. The first-order valence-corrected chi connectivity index (χ1v) is 16.4. The Morgan fingerprint density at radius 2 is 1.52 bits per heavy atom. The van der Waals surface area contributed by atoms with Crippen LogP contribution in [-0.4, -0.2) is 44.3 Å². The van der Waals surface area contributed by atoms with Crippen LogP contribution in [0.5, 0.6) is 0 Å². The molecule has 1 N–H and O–H groups in total. The quantitative estimate of drug-likeness (QED) is 0.187. The third kappa shape index (κ3) is 8.27. The molecule has 0 spiro atoms. The number of amides is 2. The highest BCUT2D eigenvalue weighted by molar-refractivity contribution is 7.92. The molecule has 0 aliphatic rings. The Balaban J connectivity index is 1.80. The average Bonchev–Trinajstić information content (AvgIpc) is 3.01. The van der Waals surface area contributed by atoms with Crippen LogP contribution in [0.15, 0.2) is 108 Å². The van der Waals surface area contributed by atoms with Crippen LogP contribution in [0.1, 0.15) is 35.6 Å². The molecule has 4 aromatic carbocycles. The van der Waals surface area contributed by atoms with Crippen LogP contribution >= 0.6 is 11.6 Å². The Labute approximate surface area is 265 Å². The van der Waals surface area contributed by atoms with Gasteiger partial charge in [0.1, 0.15) is 12.6 Å². The Morgan fingerprint density at radius 1 is 0.841 bits per heavy atom. The van der Waals surface area contributed by atoms with Crippen molar-refractivity contribution < 1.29 is 18.0 Å². The number of halogens is 1. The summed E-state index contributed by atoms with van der Waals surface area (Å²) in [4.78, 5) is 29.7. The molecule has 7 nitrogen and oxygen atoms in total. The molecule has 0 bridgehead atoms. The maximum atomic E-state index is 14.5. The smallest absolute Gasteiger partial charge is 0.264 e. The minimum atomic E-state index is -4.16. The number of benzene rings is 4. The van der Waals surface area contributed by atoms with E-state index in [0.717, 1.165) is 27.4 Å². The molecule has 1 atom stereocenters. The van der Waals surface area contributed by atoms with Gasteiger partial charge in [-0.05, 0) is 67.3 Å². The first-order chi connectivity index (χ1) is 21.1. The van der Waals surface area contributed by atoms with E-state index >= 15 is 0 Å². The van der Waals surface area contributed by atoms with Gasteiger partial charge < -0.3 is 10.2 Å². The van der Waals surface area contributed by atoms with Crippen molar-refractivity contribution in [2.75, 3.05) is 17.4 Å². The molecule has 4 aromatic rings. The van der Waals surface area contributed by atoms with Gasteiger partial charge >= 0.3 is 0 Å². The summed E-state index contributed by atoms with van der Waals surface area (Å²) in [6, 6.07) is 29.2. The fraction of sp³-hybridized carbons (Fsp3) is 0.257. The highest BCUT2D eigenvalue weighted by atomic mass is 35.5. The van der Waals surface area contributed by atoms with Gasteiger partial charge in [0.2, 0.25) is 11.8 Å². The number of anilines is 1. The predicted octanol–water partition coefficient (Wildman–Crippen LogP) is 6.32. The second kappa shape index (κ2) is 15.0. The lowest BCUT2D eigenvalue weighted by Crippen LogP contribution is -2.53. The fourth-order valence-corrected chi connectivity index (χ4v) is 6.48. The number of nitrogens with zero attached hydrogens (tertiary/aromatic N) is 2. The van der Waals surface area contributed by atoms with Crippen molar-refractivity contribution in [2.45, 2.75) is 51.1 Å². The average molecular weight is 632 g/mol. The molecule has 2 amide bonds. The van der Waals surface area contributed by atoms with Crippen molar-refractivity contribution in [1.29, 1.82) is 0 Å². The molecule has 0 unspecified atom stereocenters. The molecule has 0 saturated heterocycles. The van der Waals surface area contributed by atoms with Crippen molar-refractivity contribution in [3.05, 3.63) is 130 Å². The predicted molar refractivity (Wildman–Crippen MR) is 176 cm³/mol. The van der Waals surface area contributed by atoms with Crippen LogP contribution in [0.3, 0.4) is 0 Å². The molecule has 0 aliphatic carbocycles. The van der Waals surface area contributed by atoms with Crippen LogP contribution in [0, 0.1) is 13.8 Å². The van der Waals surface area contributed by atoms with Crippen LogP contribution in [0.2, 0.25) is 5.02 Å². The zero-order chi connectivity index (χ0) is 31.7. The Bertz CT molecular complexity index is 1680. The number of rotatable bonds is 13. The Morgan fingerprint density at radius 3 is 2.18 bits per heavy atom. The number of carbonyl (C=O) groups is 2. The standard InChI is InChI=1S/C35H38ClN3O4S/c1-4-21-37-35(41)33(23-28-12-6-5-7-13-28)38(24-29-14-8-9-16-32(29)36)34(40)25-39(30-15-10-11-27(3)22-30)44(42,43)31-19-17-26(2)18-20-31/h5-20,22,33H,4,21,23-25H2,1-3H3,(H,37,41)/t33-/m0/s1. The number of hydrogen-bond donors (Lipinski definition) is 1. The largest absolute Gasteiger partial charge is 0.354 e. The Hall–Kier alpha value is -4.14. The molecule has 0 aromatic heterocycles. The zero-order valence-corrected chi connectivity index (χ0v) is 26.8. The van der Waals surface area contributed by atoms with Gasteiger partial charge in [0.15, 0.2) is 0 Å². The summed E-state index contributed by atoms with van der Waals surface area (Å²) in [5.41, 5.74) is 3.62. The molecular formula is C35H38ClN3O4S. The molecule has 0 aliphatic heterocycles. The topological polar surface area (TPSA) is 86.8 Å². The summed E-state index contributed by atoms with van der Waals surface area (Å²) >= 11 is 6.54. The van der Waals surface area contributed by atoms with Gasteiger partial charge in [-0.3, -0.25) is 13.9 Å². The summed E-state index contributed by atoms with van der Waals surface area (Å²) in [7, 11) is -4.16. The maximum Gasteiger partial charge on any atom is 0.264 e. The summed E-state index contributed by atoms with van der Waals surface area (Å²) in [5, 5.41) is 3.39. The molecule has 4 rings (SSSR count). The second-order valence-electron chi connectivity index (χ2n) is 10.8. The highest BCUT2D eigenvalue weighted by Gasteiger charge is 2.34. The summed E-state index contributed by atoms with van der Waals surface area (Å²) < 4.78 is 29.4. The van der Waals surface area contributed by atoms with Crippen LogP contribution < -0.4 is 9.62 Å². The summed E-state index contributed by atoms with van der Waals surface area (Å²) in [5.74, 6) is -0.853. The van der Waals surface area contributed by atoms with Crippen molar-refractivity contribution in [3.63, 3.8) is 0 Å². The molecule has 0 saturated carbocycles. The lowest BCUT2D eigenvalue weighted by molar-refractivity contribution is -0.140. The van der Waals surface area contributed by atoms with Gasteiger partial charge in [-0.2, -0.15) is 0 Å². The normalized spacial score (nSPS) is 11.9. The number of nitrogens with one attached hydrogen (secondary N) is 1. The van der Waals surface area contributed by atoms with E-state index in [1.54, 1.807) is 48.5 Å². The van der Waals surface area contributed by atoms with E-state index in [2.05, 4.69) is 5.32 Å². The van der Waals surface area contributed by atoms with Gasteiger partial charge in [0.25, 0.3) is 10.0 Å². The second-order valence-corrected chi connectivity index (χ2v) is 13.0. The van der Waals surface area contributed by atoms with Gasteiger partial charge in [-0.1, -0.05) is 96.9 Å². The van der Waals surface area contributed by atoms with Gasteiger partial charge in [-0.25, -0.2) is 8.42 Å².